The molecular formula is C18H32N6OS. The number of carbonyl (C=O) groups is 1. The van der Waals surface area contributed by atoms with Gasteiger partial charge in [-0.2, -0.15) is 0 Å². The molecule has 0 atom stereocenters. The summed E-state index contributed by atoms with van der Waals surface area (Å²) in [5, 5.41) is 6.14. The lowest BCUT2D eigenvalue weighted by Crippen LogP contribution is -2.52. The van der Waals surface area contributed by atoms with Crippen molar-refractivity contribution in [2.75, 3.05) is 76.9 Å². The summed E-state index contributed by atoms with van der Waals surface area (Å²) in [6, 6.07) is 0.0837. The third kappa shape index (κ3) is 5.56. The summed E-state index contributed by atoms with van der Waals surface area (Å²) in [7, 11) is 0. The highest BCUT2D eigenvalue weighted by atomic mass is 32.1. The van der Waals surface area contributed by atoms with Gasteiger partial charge in [0.15, 0.2) is 5.13 Å². The molecule has 8 heteroatoms. The summed E-state index contributed by atoms with van der Waals surface area (Å²) in [4.78, 5) is 25.9. The molecule has 2 fully saturated rings. The average Bonchev–Trinajstić information content (AvgIpc) is 3.23. The Morgan fingerprint density at radius 1 is 1.08 bits per heavy atom. The topological polar surface area (TPSA) is 55.0 Å². The van der Waals surface area contributed by atoms with Crippen LogP contribution in [0.3, 0.4) is 0 Å². The van der Waals surface area contributed by atoms with Crippen LogP contribution in [0.15, 0.2) is 11.6 Å². The maximum absolute atomic E-state index is 12.3. The number of rotatable bonds is 7. The molecule has 0 aromatic carbocycles. The van der Waals surface area contributed by atoms with Gasteiger partial charge in [0.25, 0.3) is 0 Å². The second kappa shape index (κ2) is 10.1. The first kappa shape index (κ1) is 19.4. The van der Waals surface area contributed by atoms with Crippen molar-refractivity contribution in [2.24, 2.45) is 0 Å². The largest absolute Gasteiger partial charge is 0.345 e. The molecule has 0 spiro atoms. The summed E-state index contributed by atoms with van der Waals surface area (Å²) < 4.78 is 0. The highest BCUT2D eigenvalue weighted by Crippen LogP contribution is 2.18. The van der Waals surface area contributed by atoms with Crippen LogP contribution >= 0.6 is 11.3 Å². The minimum atomic E-state index is 0.0837. The summed E-state index contributed by atoms with van der Waals surface area (Å²) in [6.07, 6.45) is 4.05. The molecular weight excluding hydrogens is 348 g/mol. The van der Waals surface area contributed by atoms with E-state index in [4.69, 9.17) is 0 Å². The quantitative estimate of drug-likeness (QED) is 0.725. The maximum atomic E-state index is 12.3. The van der Waals surface area contributed by atoms with Crippen LogP contribution in [0.4, 0.5) is 9.93 Å². The molecule has 0 saturated carbocycles. The summed E-state index contributed by atoms with van der Waals surface area (Å²) in [6.45, 7) is 13.4. The van der Waals surface area contributed by atoms with Gasteiger partial charge in [0.2, 0.25) is 0 Å². The minimum Gasteiger partial charge on any atom is -0.345 e. The molecule has 3 heterocycles. The Hall–Kier alpha value is -1.38. The summed E-state index contributed by atoms with van der Waals surface area (Å²) >= 11 is 1.66. The van der Waals surface area contributed by atoms with Crippen molar-refractivity contribution in [1.82, 2.24) is 25.0 Å². The Labute approximate surface area is 161 Å². The van der Waals surface area contributed by atoms with E-state index in [1.54, 1.807) is 11.3 Å². The van der Waals surface area contributed by atoms with Gasteiger partial charge in [0, 0.05) is 70.5 Å². The number of anilines is 1. The molecule has 7 nitrogen and oxygen atoms in total. The van der Waals surface area contributed by atoms with Crippen molar-refractivity contribution in [3.8, 4) is 0 Å². The van der Waals surface area contributed by atoms with Gasteiger partial charge in [0.05, 0.1) is 0 Å². The second-order valence-corrected chi connectivity index (χ2v) is 7.88. The first-order valence-corrected chi connectivity index (χ1v) is 10.8. The first-order chi connectivity index (χ1) is 12.8. The normalized spacial score (nSPS) is 19.7. The Morgan fingerprint density at radius 2 is 1.81 bits per heavy atom. The zero-order valence-electron chi connectivity index (χ0n) is 15.9. The van der Waals surface area contributed by atoms with E-state index in [9.17, 15) is 4.79 Å². The highest BCUT2D eigenvalue weighted by Gasteiger charge is 2.22. The van der Waals surface area contributed by atoms with E-state index < -0.39 is 0 Å². The SMILES string of the molecule is CCN1CCN(CCCCNC(=O)N2CCN(c3nccs3)CC2)CC1. The van der Waals surface area contributed by atoms with Gasteiger partial charge in [-0.3, -0.25) is 0 Å². The van der Waals surface area contributed by atoms with Crippen molar-refractivity contribution in [2.45, 2.75) is 19.8 Å². The Kier molecular flexibility index (Phi) is 7.52. The van der Waals surface area contributed by atoms with Crippen LogP contribution in [-0.2, 0) is 0 Å². The number of hydrogen-bond donors (Lipinski definition) is 1. The van der Waals surface area contributed by atoms with Crippen LogP contribution in [0.1, 0.15) is 19.8 Å². The number of nitrogens with one attached hydrogen (secondary N) is 1. The lowest BCUT2D eigenvalue weighted by atomic mass is 10.2. The number of likely N-dealkylation sites (N-methyl/N-ethyl adjacent to an activating group) is 1. The molecule has 0 radical (unpaired) electrons. The van der Waals surface area contributed by atoms with Crippen molar-refractivity contribution < 1.29 is 4.79 Å². The molecule has 1 N–H and O–H groups in total. The molecule has 0 bridgehead atoms. The van der Waals surface area contributed by atoms with Crippen LogP contribution in [0.25, 0.3) is 0 Å². The number of urea groups is 1. The van der Waals surface area contributed by atoms with Crippen molar-refractivity contribution in [3.63, 3.8) is 0 Å². The molecule has 1 aromatic rings. The molecule has 0 aliphatic carbocycles. The Bertz CT molecular complexity index is 524. The standard InChI is InChI=1S/C18H32N6OS/c1-2-21-8-10-22(11-9-21)7-4-3-5-19-17(25)23-12-14-24(15-13-23)18-20-6-16-26-18/h6,16H,2-5,7-15H2,1H3,(H,19,25). The third-order valence-electron chi connectivity index (χ3n) is 5.35. The number of piperazine rings is 2. The number of thiazole rings is 1. The van der Waals surface area contributed by atoms with E-state index in [1.165, 1.54) is 26.2 Å². The molecule has 2 aliphatic heterocycles. The van der Waals surface area contributed by atoms with Crippen molar-refractivity contribution >= 4 is 22.5 Å². The fraction of sp³-hybridized carbons (Fsp3) is 0.778. The van der Waals surface area contributed by atoms with E-state index in [0.717, 1.165) is 63.8 Å². The zero-order chi connectivity index (χ0) is 18.2. The summed E-state index contributed by atoms with van der Waals surface area (Å²) in [5.74, 6) is 0. The van der Waals surface area contributed by atoms with Gasteiger partial charge in [0.1, 0.15) is 0 Å². The van der Waals surface area contributed by atoms with E-state index in [-0.39, 0.29) is 6.03 Å². The highest BCUT2D eigenvalue weighted by molar-refractivity contribution is 7.13. The van der Waals surface area contributed by atoms with Crippen LogP contribution < -0.4 is 10.2 Å². The fourth-order valence-corrected chi connectivity index (χ4v) is 4.27. The van der Waals surface area contributed by atoms with E-state index in [2.05, 4.69) is 31.9 Å². The molecule has 2 saturated heterocycles. The van der Waals surface area contributed by atoms with Gasteiger partial charge in [-0.25, -0.2) is 9.78 Å². The van der Waals surface area contributed by atoms with E-state index in [1.807, 2.05) is 16.5 Å². The molecule has 3 rings (SSSR count). The smallest absolute Gasteiger partial charge is 0.317 e. The number of aromatic nitrogens is 1. The first-order valence-electron chi connectivity index (χ1n) is 9.88. The average molecular weight is 381 g/mol. The van der Waals surface area contributed by atoms with E-state index in [0.29, 0.717) is 0 Å². The number of hydrogen-bond acceptors (Lipinski definition) is 6. The van der Waals surface area contributed by atoms with Gasteiger partial charge in [-0.05, 0) is 25.9 Å². The van der Waals surface area contributed by atoms with Gasteiger partial charge < -0.3 is 24.9 Å². The van der Waals surface area contributed by atoms with Crippen molar-refractivity contribution in [3.05, 3.63) is 11.6 Å². The lowest BCUT2D eigenvalue weighted by Gasteiger charge is -2.34. The Morgan fingerprint density at radius 3 is 2.46 bits per heavy atom. The van der Waals surface area contributed by atoms with Gasteiger partial charge in [-0.15, -0.1) is 11.3 Å². The molecule has 1 aromatic heterocycles. The van der Waals surface area contributed by atoms with Crippen molar-refractivity contribution in [1.29, 1.82) is 0 Å². The monoisotopic (exact) mass is 380 g/mol. The van der Waals surface area contributed by atoms with Gasteiger partial charge >= 0.3 is 6.03 Å². The predicted octanol–water partition coefficient (Wildman–Crippen LogP) is 1.39. The number of unbranched alkanes of at least 4 members (excludes halogenated alkanes) is 1. The van der Waals surface area contributed by atoms with Crippen LogP contribution in [0, 0.1) is 0 Å². The number of nitrogens with zero attached hydrogens (tertiary/aromatic N) is 5. The third-order valence-corrected chi connectivity index (χ3v) is 6.18. The molecule has 2 aliphatic rings. The van der Waals surface area contributed by atoms with Crippen LogP contribution in [0.5, 0.6) is 0 Å². The Balaban J connectivity index is 1.24. The lowest BCUT2D eigenvalue weighted by molar-refractivity contribution is 0.135. The maximum Gasteiger partial charge on any atom is 0.317 e. The van der Waals surface area contributed by atoms with E-state index >= 15 is 0 Å². The summed E-state index contributed by atoms with van der Waals surface area (Å²) in [5.41, 5.74) is 0. The van der Waals surface area contributed by atoms with Gasteiger partial charge in [-0.1, -0.05) is 6.92 Å². The number of carbonyl (C=O) groups excluding carboxylic acids is 1. The molecule has 2 amide bonds. The number of amides is 2. The second-order valence-electron chi connectivity index (χ2n) is 7.00. The van der Waals surface area contributed by atoms with Crippen LogP contribution in [-0.4, -0.2) is 97.7 Å². The minimum absolute atomic E-state index is 0.0837. The predicted molar refractivity (Wildman–Crippen MR) is 107 cm³/mol. The zero-order valence-corrected chi connectivity index (χ0v) is 16.7. The molecule has 146 valence electrons. The van der Waals surface area contributed by atoms with Crippen LogP contribution in [0.2, 0.25) is 0 Å². The fourth-order valence-electron chi connectivity index (χ4n) is 3.57. The molecule has 26 heavy (non-hydrogen) atoms. The molecule has 0 unspecified atom stereocenters.